The molecular formula is C27H30N2O7S. The van der Waals surface area contributed by atoms with Crippen molar-refractivity contribution < 1.29 is 32.7 Å². The quantitative estimate of drug-likeness (QED) is 0.249. The number of hydrogen-bond donors (Lipinski definition) is 2. The Morgan fingerprint density at radius 3 is 2.38 bits per heavy atom. The molecule has 1 heterocycles. The monoisotopic (exact) mass is 526 g/mol. The van der Waals surface area contributed by atoms with E-state index in [0.29, 0.717) is 30.9 Å². The Morgan fingerprint density at radius 1 is 1.03 bits per heavy atom. The van der Waals surface area contributed by atoms with Gasteiger partial charge >= 0.3 is 0 Å². The van der Waals surface area contributed by atoms with E-state index in [1.165, 1.54) is 29.7 Å². The van der Waals surface area contributed by atoms with Crippen molar-refractivity contribution >= 4 is 32.4 Å². The summed E-state index contributed by atoms with van der Waals surface area (Å²) in [4.78, 5) is 26.7. The van der Waals surface area contributed by atoms with Crippen LogP contribution in [0.15, 0.2) is 71.6 Å². The van der Waals surface area contributed by atoms with E-state index in [0.717, 1.165) is 10.8 Å². The van der Waals surface area contributed by atoms with Crippen molar-refractivity contribution in [2.75, 3.05) is 33.4 Å². The van der Waals surface area contributed by atoms with Crippen LogP contribution in [0.3, 0.4) is 0 Å². The van der Waals surface area contributed by atoms with E-state index >= 15 is 0 Å². The molecule has 0 bridgehead atoms. The van der Waals surface area contributed by atoms with Crippen molar-refractivity contribution in [1.82, 2.24) is 10.4 Å². The molecule has 4 rings (SSSR count). The number of carbonyl (C=O) groups excluding carboxylic acids is 2. The van der Waals surface area contributed by atoms with Gasteiger partial charge in [-0.05, 0) is 66.4 Å². The Morgan fingerprint density at radius 2 is 1.70 bits per heavy atom. The van der Waals surface area contributed by atoms with Gasteiger partial charge in [-0.15, -0.1) is 0 Å². The van der Waals surface area contributed by atoms with Gasteiger partial charge < -0.3 is 14.4 Å². The Balaban J connectivity index is 1.32. The highest BCUT2D eigenvalue weighted by Gasteiger charge is 2.52. The lowest BCUT2D eigenvalue weighted by Gasteiger charge is -2.34. The number of hydrogen-bond acceptors (Lipinski definition) is 7. The number of sulfone groups is 1. The number of amides is 2. The molecule has 0 radical (unpaired) electrons. The van der Waals surface area contributed by atoms with Gasteiger partial charge in [-0.2, -0.15) is 0 Å². The molecule has 0 unspecified atom stereocenters. The smallest absolute Gasteiger partial charge is 0.265 e. The summed E-state index contributed by atoms with van der Waals surface area (Å²) < 4.78 is 35.8. The third-order valence-corrected chi connectivity index (χ3v) is 9.23. The van der Waals surface area contributed by atoms with Crippen molar-refractivity contribution in [2.24, 2.45) is 0 Å². The second-order valence-corrected chi connectivity index (χ2v) is 11.3. The molecule has 10 heteroatoms. The van der Waals surface area contributed by atoms with E-state index in [2.05, 4.69) is 0 Å². The van der Waals surface area contributed by atoms with E-state index in [4.69, 9.17) is 14.7 Å². The fraction of sp³-hybridized carbons (Fsp3) is 0.333. The highest BCUT2D eigenvalue weighted by Crippen LogP contribution is 2.35. The molecule has 9 nitrogen and oxygen atoms in total. The minimum absolute atomic E-state index is 0.0361. The van der Waals surface area contributed by atoms with Crippen LogP contribution >= 0.6 is 0 Å². The van der Waals surface area contributed by atoms with Crippen LogP contribution < -0.4 is 10.2 Å². The molecule has 1 fully saturated rings. The standard InChI is InChI=1S/C27H30N2O7S/c1-29(25(30)22-8-7-20-5-2-3-6-21(20)19-22)15-4-16-36-23-9-11-24(12-10-23)37(33,34)27(26(31)28-32)13-17-35-18-14-27/h2-3,5-12,19,32H,4,13-18H2,1H3,(H,28,31). The third kappa shape index (κ3) is 5.46. The van der Waals surface area contributed by atoms with Crippen LogP contribution in [0.25, 0.3) is 10.8 Å². The Labute approximate surface area is 215 Å². The van der Waals surface area contributed by atoms with Crippen molar-refractivity contribution in [3.8, 4) is 5.75 Å². The van der Waals surface area contributed by atoms with E-state index in [1.807, 2.05) is 42.5 Å². The van der Waals surface area contributed by atoms with Crippen molar-refractivity contribution in [3.05, 3.63) is 72.3 Å². The van der Waals surface area contributed by atoms with Gasteiger partial charge in [0, 0.05) is 32.4 Å². The van der Waals surface area contributed by atoms with E-state index in [1.54, 1.807) is 11.9 Å². The van der Waals surface area contributed by atoms with Crippen LogP contribution in [0.5, 0.6) is 5.75 Å². The highest BCUT2D eigenvalue weighted by atomic mass is 32.2. The molecule has 37 heavy (non-hydrogen) atoms. The van der Waals surface area contributed by atoms with E-state index in [9.17, 15) is 18.0 Å². The molecule has 0 saturated carbocycles. The van der Waals surface area contributed by atoms with Crippen LogP contribution in [0, 0.1) is 0 Å². The Kier molecular flexibility index (Phi) is 8.11. The lowest BCUT2D eigenvalue weighted by atomic mass is 9.98. The van der Waals surface area contributed by atoms with Crippen molar-refractivity contribution in [3.63, 3.8) is 0 Å². The lowest BCUT2D eigenvalue weighted by Crippen LogP contribution is -2.54. The molecule has 0 spiro atoms. The number of nitrogens with one attached hydrogen (secondary N) is 1. The molecule has 1 aliphatic heterocycles. The second-order valence-electron chi connectivity index (χ2n) is 9.01. The number of fused-ring (bicyclic) bond motifs is 1. The first-order chi connectivity index (χ1) is 17.8. The molecule has 2 amide bonds. The predicted molar refractivity (Wildman–Crippen MR) is 137 cm³/mol. The summed E-state index contributed by atoms with van der Waals surface area (Å²) >= 11 is 0. The normalized spacial score (nSPS) is 15.2. The maximum Gasteiger partial charge on any atom is 0.265 e. The molecule has 0 atom stereocenters. The molecule has 3 aromatic rings. The Bertz CT molecular complexity index is 1370. The lowest BCUT2D eigenvalue weighted by molar-refractivity contribution is -0.134. The summed E-state index contributed by atoms with van der Waals surface area (Å²) in [5, 5.41) is 11.2. The van der Waals surface area contributed by atoms with Crippen LogP contribution in [-0.2, 0) is 19.4 Å². The largest absolute Gasteiger partial charge is 0.494 e. The molecule has 3 aromatic carbocycles. The number of benzene rings is 3. The number of rotatable bonds is 9. The average molecular weight is 527 g/mol. The van der Waals surface area contributed by atoms with Crippen LogP contribution in [0.1, 0.15) is 29.6 Å². The van der Waals surface area contributed by atoms with Crippen LogP contribution in [0.4, 0.5) is 0 Å². The summed E-state index contributed by atoms with van der Waals surface area (Å²) in [6.07, 6.45) is 0.479. The van der Waals surface area contributed by atoms with Gasteiger partial charge in [-0.1, -0.05) is 30.3 Å². The molecule has 1 aliphatic rings. The van der Waals surface area contributed by atoms with Gasteiger partial charge in [0.2, 0.25) is 0 Å². The molecular weight excluding hydrogens is 496 g/mol. The summed E-state index contributed by atoms with van der Waals surface area (Å²) in [5.41, 5.74) is 2.13. The third-order valence-electron chi connectivity index (χ3n) is 6.71. The van der Waals surface area contributed by atoms with Gasteiger partial charge in [0.05, 0.1) is 11.5 Å². The van der Waals surface area contributed by atoms with Crippen LogP contribution in [0.2, 0.25) is 0 Å². The summed E-state index contributed by atoms with van der Waals surface area (Å²) in [7, 11) is -2.35. The topological polar surface area (TPSA) is 122 Å². The predicted octanol–water partition coefficient (Wildman–Crippen LogP) is 3.21. The zero-order valence-electron chi connectivity index (χ0n) is 20.6. The van der Waals surface area contributed by atoms with Crippen molar-refractivity contribution in [1.29, 1.82) is 0 Å². The fourth-order valence-electron chi connectivity index (χ4n) is 4.50. The van der Waals surface area contributed by atoms with Crippen molar-refractivity contribution in [2.45, 2.75) is 28.9 Å². The maximum atomic E-state index is 13.3. The molecule has 2 N–H and O–H groups in total. The molecule has 0 aliphatic carbocycles. The SMILES string of the molecule is CN(CCCOc1ccc(S(=O)(=O)C2(C(=O)NO)CCOCC2)cc1)C(=O)c1ccc2ccccc2c1. The zero-order valence-corrected chi connectivity index (χ0v) is 21.4. The second kappa shape index (κ2) is 11.3. The first kappa shape index (κ1) is 26.6. The maximum absolute atomic E-state index is 13.3. The van der Waals surface area contributed by atoms with Gasteiger partial charge in [-0.25, -0.2) is 13.9 Å². The average Bonchev–Trinajstić information content (AvgIpc) is 2.94. The fourth-order valence-corrected chi connectivity index (χ4v) is 6.44. The van der Waals surface area contributed by atoms with E-state index in [-0.39, 0.29) is 36.9 Å². The van der Waals surface area contributed by atoms with Crippen LogP contribution in [-0.4, -0.2) is 68.5 Å². The number of carbonyl (C=O) groups is 2. The summed E-state index contributed by atoms with van der Waals surface area (Å²) in [6.45, 7) is 1.02. The van der Waals surface area contributed by atoms with Gasteiger partial charge in [0.1, 0.15) is 5.75 Å². The molecule has 1 saturated heterocycles. The summed E-state index contributed by atoms with van der Waals surface area (Å²) in [6, 6.07) is 19.4. The first-order valence-electron chi connectivity index (χ1n) is 12.0. The number of nitrogens with zero attached hydrogens (tertiary/aromatic N) is 1. The van der Waals surface area contributed by atoms with Gasteiger partial charge in [0.25, 0.3) is 11.8 Å². The molecule has 0 aromatic heterocycles. The minimum atomic E-state index is -4.09. The Hall–Kier alpha value is -3.47. The number of hydroxylamine groups is 1. The molecule has 196 valence electrons. The minimum Gasteiger partial charge on any atom is -0.494 e. The summed E-state index contributed by atoms with van der Waals surface area (Å²) in [5.74, 6) is -0.567. The zero-order chi connectivity index (χ0) is 26.5. The number of ether oxygens (including phenoxy) is 2. The highest BCUT2D eigenvalue weighted by molar-refractivity contribution is 7.93. The first-order valence-corrected chi connectivity index (χ1v) is 13.5. The van der Waals surface area contributed by atoms with Gasteiger partial charge in [0.15, 0.2) is 14.6 Å². The van der Waals surface area contributed by atoms with E-state index < -0.39 is 20.5 Å². The van der Waals surface area contributed by atoms with Gasteiger partial charge in [-0.3, -0.25) is 14.8 Å².